The number of aryl methyl sites for hydroxylation is 1. The van der Waals surface area contributed by atoms with Crippen LogP contribution in [-0.2, 0) is 9.59 Å². The lowest BCUT2D eigenvalue weighted by Crippen LogP contribution is -2.55. The van der Waals surface area contributed by atoms with Crippen molar-refractivity contribution in [3.05, 3.63) is 11.1 Å². The van der Waals surface area contributed by atoms with E-state index in [4.69, 9.17) is 11.5 Å². The number of anilines is 1. The Balaban J connectivity index is 1.86. The molecule has 0 fully saturated rings. The lowest BCUT2D eigenvalue weighted by molar-refractivity contribution is -0.138. The molecule has 0 aliphatic carbocycles. The van der Waals surface area contributed by atoms with Crippen molar-refractivity contribution in [2.45, 2.75) is 44.7 Å². The predicted octanol–water partition coefficient (Wildman–Crippen LogP) is 0.0226. The van der Waals surface area contributed by atoms with E-state index in [0.29, 0.717) is 17.6 Å². The molecule has 1 aliphatic heterocycles. The maximum absolute atomic E-state index is 12.4. The summed E-state index contributed by atoms with van der Waals surface area (Å²) in [7, 11) is 1.61. The van der Waals surface area contributed by atoms with E-state index < -0.39 is 6.04 Å². The third kappa shape index (κ3) is 5.75. The van der Waals surface area contributed by atoms with Crippen molar-refractivity contribution < 1.29 is 9.59 Å². The van der Waals surface area contributed by atoms with Crippen molar-refractivity contribution in [2.75, 3.05) is 25.5 Å². The molecule has 26 heavy (non-hydrogen) atoms. The van der Waals surface area contributed by atoms with Crippen molar-refractivity contribution in [1.29, 1.82) is 0 Å². The Morgan fingerprint density at radius 2 is 2.31 bits per heavy atom. The fourth-order valence-corrected chi connectivity index (χ4v) is 3.26. The maximum Gasteiger partial charge on any atom is 0.251 e. The van der Waals surface area contributed by atoms with Gasteiger partial charge < -0.3 is 21.7 Å². The molecule has 0 aromatic carbocycles. The molecule has 10 heteroatoms. The predicted molar refractivity (Wildman–Crippen MR) is 103 cm³/mol. The molecule has 2 heterocycles. The highest BCUT2D eigenvalue weighted by atomic mass is 32.1. The van der Waals surface area contributed by atoms with Crippen LogP contribution >= 0.6 is 11.3 Å². The molecule has 0 saturated heterocycles. The second kappa shape index (κ2) is 9.60. The summed E-state index contributed by atoms with van der Waals surface area (Å²) in [5, 5.41) is 8.22. The van der Waals surface area contributed by atoms with E-state index in [0.717, 1.165) is 25.0 Å². The lowest BCUT2D eigenvalue weighted by Gasteiger charge is -2.30. The first-order valence-corrected chi connectivity index (χ1v) is 9.54. The van der Waals surface area contributed by atoms with Crippen LogP contribution in [0.3, 0.4) is 0 Å². The summed E-state index contributed by atoms with van der Waals surface area (Å²) in [5.74, 6) is -0.0872. The van der Waals surface area contributed by atoms with Crippen LogP contribution in [-0.4, -0.2) is 59.9 Å². The van der Waals surface area contributed by atoms with Gasteiger partial charge in [-0.15, -0.1) is 11.3 Å². The van der Waals surface area contributed by atoms with Gasteiger partial charge in [-0.1, -0.05) is 6.42 Å². The van der Waals surface area contributed by atoms with E-state index in [1.165, 1.54) is 16.2 Å². The number of rotatable bonds is 8. The number of carbonyl (C=O) groups is 2. The zero-order valence-corrected chi connectivity index (χ0v) is 16.0. The second-order valence-electron chi connectivity index (χ2n) is 6.37. The first kappa shape index (κ1) is 20.3. The van der Waals surface area contributed by atoms with Crippen LogP contribution in [0.2, 0.25) is 0 Å². The van der Waals surface area contributed by atoms with Crippen LogP contribution in [0.25, 0.3) is 0 Å². The summed E-state index contributed by atoms with van der Waals surface area (Å²) in [6.07, 6.45) is 2.74. The normalized spacial score (nSPS) is 18.1. The summed E-state index contributed by atoms with van der Waals surface area (Å²) >= 11 is 1.43. The summed E-state index contributed by atoms with van der Waals surface area (Å²) in [6.45, 7) is 2.71. The Morgan fingerprint density at radius 1 is 1.54 bits per heavy atom. The summed E-state index contributed by atoms with van der Waals surface area (Å²) < 4.78 is 0. The lowest BCUT2D eigenvalue weighted by atomic mass is 10.1. The number of carbonyl (C=O) groups excluding carboxylic acids is 2. The number of nitrogens with two attached hydrogens (primary N) is 2. The van der Waals surface area contributed by atoms with E-state index in [-0.39, 0.29) is 30.8 Å². The number of guanidine groups is 1. The first-order chi connectivity index (χ1) is 12.4. The van der Waals surface area contributed by atoms with Crippen LogP contribution < -0.4 is 22.1 Å². The van der Waals surface area contributed by atoms with Crippen molar-refractivity contribution in [3.63, 3.8) is 0 Å². The quantitative estimate of drug-likeness (QED) is 0.468. The van der Waals surface area contributed by atoms with Gasteiger partial charge in [0.05, 0.1) is 12.2 Å². The van der Waals surface area contributed by atoms with Gasteiger partial charge in [-0.3, -0.25) is 14.9 Å². The highest BCUT2D eigenvalue weighted by Crippen LogP contribution is 2.15. The van der Waals surface area contributed by atoms with Crippen LogP contribution in [0, 0.1) is 6.92 Å². The number of unbranched alkanes of at least 4 members (excludes halogenated alkanes) is 1. The molecule has 9 nitrogen and oxygen atoms in total. The van der Waals surface area contributed by atoms with Crippen LogP contribution in [0.5, 0.6) is 0 Å². The molecule has 2 rings (SSSR count). The monoisotopic (exact) mass is 381 g/mol. The van der Waals surface area contributed by atoms with Crippen LogP contribution in [0.4, 0.5) is 5.13 Å². The highest BCUT2D eigenvalue weighted by molar-refractivity contribution is 7.13. The van der Waals surface area contributed by atoms with Gasteiger partial charge in [0.2, 0.25) is 11.9 Å². The fraction of sp³-hybridized carbons (Fsp3) is 0.625. The van der Waals surface area contributed by atoms with Crippen molar-refractivity contribution in [3.8, 4) is 0 Å². The topological polar surface area (TPSA) is 139 Å². The Labute approximate surface area is 157 Å². The Bertz CT molecular complexity index is 661. The smallest absolute Gasteiger partial charge is 0.251 e. The zero-order valence-electron chi connectivity index (χ0n) is 15.2. The molecular formula is C16H27N7O2S. The number of nitrogens with one attached hydrogen (secondary N) is 2. The van der Waals surface area contributed by atoms with Crippen molar-refractivity contribution >= 4 is 34.2 Å². The third-order valence-corrected chi connectivity index (χ3v) is 5.01. The molecule has 1 aromatic rings. The SMILES string of the molecule is Cc1csc(NC2=NCC(N(C)C(=O)C[C@@H](N)CCCCN)C(=O)N2)n1. The molecular weight excluding hydrogens is 354 g/mol. The summed E-state index contributed by atoms with van der Waals surface area (Å²) in [6, 6.07) is -0.862. The largest absolute Gasteiger partial charge is 0.332 e. The number of hydrogen-bond donors (Lipinski definition) is 4. The zero-order chi connectivity index (χ0) is 19.1. The number of likely N-dealkylation sites (N-methyl/N-ethyl adjacent to an activating group) is 1. The van der Waals surface area contributed by atoms with Gasteiger partial charge in [0.15, 0.2) is 5.13 Å². The summed E-state index contributed by atoms with van der Waals surface area (Å²) in [5.41, 5.74) is 12.3. The van der Waals surface area contributed by atoms with Gasteiger partial charge in [-0.05, 0) is 26.3 Å². The average Bonchev–Trinajstić information content (AvgIpc) is 2.99. The number of thiazole rings is 1. The Morgan fingerprint density at radius 3 is 2.92 bits per heavy atom. The van der Waals surface area contributed by atoms with Crippen molar-refractivity contribution in [2.24, 2.45) is 16.5 Å². The Kier molecular flexibility index (Phi) is 7.49. The number of amides is 2. The molecule has 0 spiro atoms. The van der Waals surface area contributed by atoms with E-state index in [2.05, 4.69) is 20.6 Å². The van der Waals surface area contributed by atoms with E-state index >= 15 is 0 Å². The fourth-order valence-electron chi connectivity index (χ4n) is 2.58. The molecule has 1 aliphatic rings. The number of nitrogens with zero attached hydrogens (tertiary/aromatic N) is 3. The number of hydrogen-bond acceptors (Lipinski definition) is 8. The van der Waals surface area contributed by atoms with E-state index in [9.17, 15) is 9.59 Å². The second-order valence-corrected chi connectivity index (χ2v) is 7.22. The first-order valence-electron chi connectivity index (χ1n) is 8.66. The molecule has 0 radical (unpaired) electrons. The maximum atomic E-state index is 12.4. The van der Waals surface area contributed by atoms with Gasteiger partial charge in [0, 0.05) is 24.9 Å². The molecule has 144 valence electrons. The highest BCUT2D eigenvalue weighted by Gasteiger charge is 2.31. The molecule has 0 bridgehead atoms. The number of aromatic nitrogens is 1. The molecule has 2 amide bonds. The van der Waals surface area contributed by atoms with Gasteiger partial charge in [0.1, 0.15) is 6.04 Å². The van der Waals surface area contributed by atoms with E-state index in [1.54, 1.807) is 7.05 Å². The van der Waals surface area contributed by atoms with Gasteiger partial charge in [0.25, 0.3) is 5.91 Å². The third-order valence-electron chi connectivity index (χ3n) is 4.14. The molecule has 2 atom stereocenters. The van der Waals surface area contributed by atoms with Gasteiger partial charge in [-0.25, -0.2) is 9.98 Å². The molecule has 6 N–H and O–H groups in total. The number of aliphatic imine (C=N–C) groups is 1. The average molecular weight is 382 g/mol. The molecule has 1 aromatic heterocycles. The van der Waals surface area contributed by atoms with Crippen LogP contribution in [0.15, 0.2) is 10.4 Å². The van der Waals surface area contributed by atoms with E-state index in [1.807, 2.05) is 12.3 Å². The Hall–Kier alpha value is -2.04. The minimum atomic E-state index is -0.637. The molecule has 0 saturated carbocycles. The van der Waals surface area contributed by atoms with Gasteiger partial charge >= 0.3 is 0 Å². The van der Waals surface area contributed by atoms with Crippen LogP contribution in [0.1, 0.15) is 31.4 Å². The standard InChI is InChI=1S/C16H27N7O2S/c1-10-9-26-16(20-10)22-15-19-8-12(14(25)21-15)23(2)13(24)7-11(18)5-3-4-6-17/h9,11-12H,3-8,17-18H2,1-2H3,(H2,19,20,21,22,25)/t11-,12?/m0/s1. The minimum Gasteiger partial charge on any atom is -0.332 e. The van der Waals surface area contributed by atoms with Crippen molar-refractivity contribution in [1.82, 2.24) is 15.2 Å². The molecule has 1 unspecified atom stereocenters. The summed E-state index contributed by atoms with van der Waals surface area (Å²) in [4.78, 5) is 34.7. The minimum absolute atomic E-state index is 0.160. The van der Waals surface area contributed by atoms with Gasteiger partial charge in [-0.2, -0.15) is 0 Å².